The molecule has 1 aromatic heterocycles. The van der Waals surface area contributed by atoms with Gasteiger partial charge in [0, 0.05) is 24.0 Å². The second kappa shape index (κ2) is 4.88. The number of nitrogens with zero attached hydrogens (tertiary/aromatic N) is 1. The zero-order valence-electron chi connectivity index (χ0n) is 9.51. The topological polar surface area (TPSA) is 81.2 Å². The van der Waals surface area contributed by atoms with E-state index in [1.807, 2.05) is 6.92 Å². The molecule has 0 radical (unpaired) electrons. The minimum absolute atomic E-state index is 0.0767. The predicted octanol–water partition coefficient (Wildman–Crippen LogP) is 1.67. The first-order valence-corrected chi connectivity index (χ1v) is 5.40. The predicted molar refractivity (Wildman–Crippen MR) is 63.6 cm³/mol. The lowest BCUT2D eigenvalue weighted by molar-refractivity contribution is 0.440. The smallest absolute Gasteiger partial charge is 0.120 e. The van der Waals surface area contributed by atoms with Gasteiger partial charge in [-0.3, -0.25) is 0 Å². The molecule has 1 heterocycles. The van der Waals surface area contributed by atoms with Crippen LogP contribution in [0, 0.1) is 0 Å². The van der Waals surface area contributed by atoms with Crippen LogP contribution in [-0.2, 0) is 6.54 Å². The Bertz CT molecular complexity index is 483. The molecule has 1 atom stereocenters. The van der Waals surface area contributed by atoms with Gasteiger partial charge in [-0.2, -0.15) is 0 Å². The third kappa shape index (κ3) is 2.76. The van der Waals surface area contributed by atoms with E-state index >= 15 is 0 Å². The summed E-state index contributed by atoms with van der Waals surface area (Å²) in [6.45, 7) is 2.49. The second-order valence-electron chi connectivity index (χ2n) is 3.88. The Labute approximate surface area is 99.2 Å². The van der Waals surface area contributed by atoms with Crippen molar-refractivity contribution < 1.29 is 10.2 Å². The highest BCUT2D eigenvalue weighted by molar-refractivity contribution is 5.40. The van der Waals surface area contributed by atoms with Crippen molar-refractivity contribution in [1.82, 2.24) is 15.3 Å². The molecule has 90 valence electrons. The van der Waals surface area contributed by atoms with E-state index in [4.69, 9.17) is 0 Å². The molecule has 0 aliphatic carbocycles. The summed E-state index contributed by atoms with van der Waals surface area (Å²) in [6.07, 6.45) is 3.45. The van der Waals surface area contributed by atoms with Crippen LogP contribution in [0.25, 0.3) is 0 Å². The lowest BCUT2D eigenvalue weighted by Gasteiger charge is -2.15. The average molecular weight is 233 g/mol. The van der Waals surface area contributed by atoms with Crippen molar-refractivity contribution in [2.45, 2.75) is 19.5 Å². The van der Waals surface area contributed by atoms with E-state index in [2.05, 4.69) is 15.3 Å². The summed E-state index contributed by atoms with van der Waals surface area (Å²) in [5.41, 5.74) is 0.663. The van der Waals surface area contributed by atoms with Crippen LogP contribution in [0.4, 0.5) is 0 Å². The molecule has 1 unspecified atom stereocenters. The van der Waals surface area contributed by atoms with Gasteiger partial charge in [-0.15, -0.1) is 0 Å². The first kappa shape index (κ1) is 11.5. The van der Waals surface area contributed by atoms with Gasteiger partial charge in [0.2, 0.25) is 0 Å². The van der Waals surface area contributed by atoms with Gasteiger partial charge in [-0.1, -0.05) is 0 Å². The van der Waals surface area contributed by atoms with Crippen molar-refractivity contribution in [3.63, 3.8) is 0 Å². The summed E-state index contributed by atoms with van der Waals surface area (Å²) in [5.74, 6) is 1.14. The quantitative estimate of drug-likeness (QED) is 0.605. The number of aromatic nitrogens is 2. The van der Waals surface area contributed by atoms with Crippen molar-refractivity contribution >= 4 is 0 Å². The molecule has 17 heavy (non-hydrogen) atoms. The summed E-state index contributed by atoms with van der Waals surface area (Å²) in [5, 5.41) is 22.3. The molecule has 0 fully saturated rings. The van der Waals surface area contributed by atoms with Crippen LogP contribution in [0.1, 0.15) is 24.4 Å². The number of aromatic amines is 1. The first-order chi connectivity index (χ1) is 8.16. The number of aromatic hydroxyl groups is 2. The lowest BCUT2D eigenvalue weighted by Crippen LogP contribution is -2.18. The Kier molecular flexibility index (Phi) is 3.30. The summed E-state index contributed by atoms with van der Waals surface area (Å²) < 4.78 is 0. The number of benzene rings is 1. The Morgan fingerprint density at radius 2 is 2.24 bits per heavy atom. The minimum Gasteiger partial charge on any atom is -0.508 e. The number of phenols is 2. The van der Waals surface area contributed by atoms with E-state index in [-0.39, 0.29) is 17.5 Å². The van der Waals surface area contributed by atoms with Crippen molar-refractivity contribution in [3.05, 3.63) is 42.0 Å². The molecule has 0 aliphatic rings. The summed E-state index contributed by atoms with van der Waals surface area (Å²) in [7, 11) is 0. The molecule has 2 rings (SSSR count). The Morgan fingerprint density at radius 1 is 1.41 bits per heavy atom. The maximum atomic E-state index is 9.69. The number of imidazole rings is 1. The molecular weight excluding hydrogens is 218 g/mol. The molecule has 0 spiro atoms. The first-order valence-electron chi connectivity index (χ1n) is 5.40. The molecule has 0 bridgehead atoms. The zero-order valence-corrected chi connectivity index (χ0v) is 9.51. The number of hydrogen-bond donors (Lipinski definition) is 4. The van der Waals surface area contributed by atoms with Gasteiger partial charge in [0.25, 0.3) is 0 Å². The van der Waals surface area contributed by atoms with E-state index in [0.29, 0.717) is 12.1 Å². The monoisotopic (exact) mass is 233 g/mol. The average Bonchev–Trinajstić information content (AvgIpc) is 2.82. The fourth-order valence-electron chi connectivity index (χ4n) is 1.64. The molecule has 5 nitrogen and oxygen atoms in total. The van der Waals surface area contributed by atoms with Gasteiger partial charge in [-0.25, -0.2) is 4.98 Å². The normalized spacial score (nSPS) is 12.5. The van der Waals surface area contributed by atoms with Gasteiger partial charge in [0.1, 0.15) is 17.3 Å². The van der Waals surface area contributed by atoms with Gasteiger partial charge < -0.3 is 20.5 Å². The molecule has 0 saturated carbocycles. The third-order valence-corrected chi connectivity index (χ3v) is 2.61. The van der Waals surface area contributed by atoms with Gasteiger partial charge >= 0.3 is 0 Å². The summed E-state index contributed by atoms with van der Waals surface area (Å²) in [6, 6.07) is 4.41. The third-order valence-electron chi connectivity index (χ3n) is 2.61. The zero-order chi connectivity index (χ0) is 12.3. The van der Waals surface area contributed by atoms with Gasteiger partial charge in [0.05, 0.1) is 6.54 Å². The van der Waals surface area contributed by atoms with Gasteiger partial charge in [-0.05, 0) is 25.1 Å². The van der Waals surface area contributed by atoms with Crippen LogP contribution in [0.15, 0.2) is 30.6 Å². The molecule has 5 heteroatoms. The van der Waals surface area contributed by atoms with E-state index in [0.717, 1.165) is 5.82 Å². The van der Waals surface area contributed by atoms with Crippen molar-refractivity contribution in [1.29, 1.82) is 0 Å². The fraction of sp³-hybridized carbons (Fsp3) is 0.250. The SMILES string of the molecule is CC(NCc1ncc[nH]1)c1cc(O)ccc1O. The van der Waals surface area contributed by atoms with E-state index in [1.54, 1.807) is 18.5 Å². The Hall–Kier alpha value is -2.01. The highest BCUT2D eigenvalue weighted by Gasteiger charge is 2.11. The summed E-state index contributed by atoms with van der Waals surface area (Å²) in [4.78, 5) is 7.08. The Balaban J connectivity index is 2.04. The molecule has 0 saturated heterocycles. The van der Waals surface area contributed by atoms with E-state index in [9.17, 15) is 10.2 Å². The summed E-state index contributed by atoms with van der Waals surface area (Å²) >= 11 is 0. The molecule has 1 aromatic carbocycles. The van der Waals surface area contributed by atoms with Crippen LogP contribution >= 0.6 is 0 Å². The lowest BCUT2D eigenvalue weighted by atomic mass is 10.1. The van der Waals surface area contributed by atoms with Crippen LogP contribution in [0.2, 0.25) is 0 Å². The minimum atomic E-state index is -0.0767. The molecule has 0 amide bonds. The maximum Gasteiger partial charge on any atom is 0.120 e. The van der Waals surface area contributed by atoms with Gasteiger partial charge in [0.15, 0.2) is 0 Å². The number of phenolic OH excluding ortho intramolecular Hbond substituents is 2. The molecule has 4 N–H and O–H groups in total. The molecule has 2 aromatic rings. The van der Waals surface area contributed by atoms with Crippen LogP contribution in [0.3, 0.4) is 0 Å². The van der Waals surface area contributed by atoms with Crippen molar-refractivity contribution in [2.75, 3.05) is 0 Å². The fourth-order valence-corrected chi connectivity index (χ4v) is 1.64. The molecule has 0 aliphatic heterocycles. The largest absolute Gasteiger partial charge is 0.508 e. The number of H-pyrrole nitrogens is 1. The van der Waals surface area contributed by atoms with Crippen molar-refractivity contribution in [3.8, 4) is 11.5 Å². The van der Waals surface area contributed by atoms with Crippen molar-refractivity contribution in [2.24, 2.45) is 0 Å². The highest BCUT2D eigenvalue weighted by atomic mass is 16.3. The van der Waals surface area contributed by atoms with Crippen LogP contribution in [0.5, 0.6) is 11.5 Å². The number of rotatable bonds is 4. The van der Waals surface area contributed by atoms with E-state index < -0.39 is 0 Å². The van der Waals surface area contributed by atoms with Crippen LogP contribution < -0.4 is 5.32 Å². The molecular formula is C12H15N3O2. The number of nitrogens with one attached hydrogen (secondary N) is 2. The number of hydrogen-bond acceptors (Lipinski definition) is 4. The van der Waals surface area contributed by atoms with E-state index in [1.165, 1.54) is 12.1 Å². The Morgan fingerprint density at radius 3 is 2.94 bits per heavy atom. The standard InChI is InChI=1S/C12H15N3O2/c1-8(15-7-12-13-4-5-14-12)10-6-9(16)2-3-11(10)17/h2-6,8,15-17H,7H2,1H3,(H,13,14). The maximum absolute atomic E-state index is 9.69. The highest BCUT2D eigenvalue weighted by Crippen LogP contribution is 2.27. The second-order valence-corrected chi connectivity index (χ2v) is 3.88. The van der Waals surface area contributed by atoms with Crippen LogP contribution in [-0.4, -0.2) is 20.2 Å².